The lowest BCUT2D eigenvalue weighted by Gasteiger charge is -2.39. The molecule has 0 unspecified atom stereocenters. The molecule has 0 aliphatic carbocycles. The van der Waals surface area contributed by atoms with Crippen LogP contribution < -0.4 is 10.1 Å². The van der Waals surface area contributed by atoms with Gasteiger partial charge in [-0.05, 0) is 12.1 Å². The van der Waals surface area contributed by atoms with Gasteiger partial charge in [0, 0.05) is 10.9 Å². The highest BCUT2D eigenvalue weighted by molar-refractivity contribution is 7.14. The summed E-state index contributed by atoms with van der Waals surface area (Å²) in [5.41, 5.74) is 1.31. The first kappa shape index (κ1) is 23.1. The van der Waals surface area contributed by atoms with Crippen molar-refractivity contribution < 1.29 is 39.8 Å². The van der Waals surface area contributed by atoms with Crippen LogP contribution in [0.3, 0.4) is 0 Å². The monoisotopic (exact) mass is 474 g/mol. The molecule has 10 nitrogen and oxygen atoms in total. The van der Waals surface area contributed by atoms with Gasteiger partial charge in [0.15, 0.2) is 5.13 Å². The fourth-order valence-electron chi connectivity index (χ4n) is 3.37. The Morgan fingerprint density at radius 2 is 1.82 bits per heavy atom. The highest BCUT2D eigenvalue weighted by Gasteiger charge is 2.45. The van der Waals surface area contributed by atoms with Crippen LogP contribution in [-0.2, 0) is 4.74 Å². The molecule has 1 fully saturated rings. The summed E-state index contributed by atoms with van der Waals surface area (Å²) >= 11 is 1.20. The second-order valence-corrected chi connectivity index (χ2v) is 8.18. The van der Waals surface area contributed by atoms with Gasteiger partial charge in [-0.15, -0.1) is 11.3 Å². The maximum Gasteiger partial charge on any atom is 0.265 e. The van der Waals surface area contributed by atoms with Gasteiger partial charge in [-0.2, -0.15) is 0 Å². The number of thiazole rings is 1. The summed E-state index contributed by atoms with van der Waals surface area (Å²) in [6, 6.07) is 13.5. The van der Waals surface area contributed by atoms with E-state index in [1.807, 2.05) is 30.3 Å². The van der Waals surface area contributed by atoms with Crippen LogP contribution in [0.15, 0.2) is 53.9 Å². The van der Waals surface area contributed by atoms with E-state index < -0.39 is 49.0 Å². The first-order chi connectivity index (χ1) is 15.9. The van der Waals surface area contributed by atoms with E-state index in [1.54, 1.807) is 5.38 Å². The van der Waals surface area contributed by atoms with Crippen molar-refractivity contribution in [2.24, 2.45) is 0 Å². The van der Waals surface area contributed by atoms with Gasteiger partial charge < -0.3 is 35.0 Å². The van der Waals surface area contributed by atoms with E-state index in [0.29, 0.717) is 10.8 Å². The summed E-state index contributed by atoms with van der Waals surface area (Å²) in [4.78, 5) is 17.3. The number of rotatable bonds is 6. The molecule has 3 aromatic rings. The maximum atomic E-state index is 12.9. The predicted molar refractivity (Wildman–Crippen MR) is 118 cm³/mol. The van der Waals surface area contributed by atoms with Crippen LogP contribution in [0.25, 0.3) is 11.3 Å². The molecule has 0 saturated carbocycles. The van der Waals surface area contributed by atoms with E-state index in [1.165, 1.54) is 29.5 Å². The second-order valence-electron chi connectivity index (χ2n) is 7.32. The molecular formula is C22H22N2O8S. The number of hydrogen-bond acceptors (Lipinski definition) is 10. The highest BCUT2D eigenvalue weighted by atomic mass is 32.1. The summed E-state index contributed by atoms with van der Waals surface area (Å²) in [6.45, 7) is -0.633. The zero-order chi connectivity index (χ0) is 23.5. The van der Waals surface area contributed by atoms with Crippen molar-refractivity contribution >= 4 is 22.4 Å². The molecule has 2 heterocycles. The van der Waals surface area contributed by atoms with Crippen molar-refractivity contribution in [2.45, 2.75) is 30.7 Å². The Morgan fingerprint density at radius 3 is 2.55 bits per heavy atom. The van der Waals surface area contributed by atoms with E-state index in [9.17, 15) is 30.3 Å². The number of amides is 1. The number of aliphatic hydroxyl groups is 4. The molecule has 11 heteroatoms. The van der Waals surface area contributed by atoms with Gasteiger partial charge in [0.1, 0.15) is 41.5 Å². The Bertz CT molecular complexity index is 1110. The Hall–Kier alpha value is -3.06. The normalized spacial score (nSPS) is 24.9. The summed E-state index contributed by atoms with van der Waals surface area (Å²) in [7, 11) is 0. The van der Waals surface area contributed by atoms with Gasteiger partial charge >= 0.3 is 0 Å². The van der Waals surface area contributed by atoms with Crippen LogP contribution >= 0.6 is 11.3 Å². The lowest BCUT2D eigenvalue weighted by Crippen LogP contribution is -2.60. The number of phenolic OH excluding ortho intramolecular Hbond substituents is 1. The van der Waals surface area contributed by atoms with Crippen molar-refractivity contribution in [3.8, 4) is 22.8 Å². The van der Waals surface area contributed by atoms with E-state index in [4.69, 9.17) is 9.47 Å². The standard InChI is InChI=1S/C22H22N2O8S/c25-9-15-17(27)18(28)19(29)21(32-15)31-14-8-4-7-13(26)16(14)20(30)24-22-23-12(10-33-22)11-5-2-1-3-6-11/h1-8,10,15,17-19,21,25-29H,9H2,(H,23,24,30)/t15-,17-,18+,19-,21-/m1/s1. The molecule has 0 bridgehead atoms. The zero-order valence-corrected chi connectivity index (χ0v) is 17.9. The number of carbonyl (C=O) groups excluding carboxylic acids is 1. The SMILES string of the molecule is O=C(Nc1nc(-c2ccccc2)cs1)c1c(O)cccc1O[C@@H]1O[C@H](CO)[C@@H](O)[C@H](O)[C@H]1O. The van der Waals surface area contributed by atoms with E-state index >= 15 is 0 Å². The Balaban J connectivity index is 1.54. The van der Waals surface area contributed by atoms with Crippen LogP contribution in [0, 0.1) is 0 Å². The first-order valence-electron chi connectivity index (χ1n) is 10.0. The van der Waals surface area contributed by atoms with Gasteiger partial charge in [-0.25, -0.2) is 4.98 Å². The van der Waals surface area contributed by atoms with Crippen molar-refractivity contribution in [3.63, 3.8) is 0 Å². The van der Waals surface area contributed by atoms with Crippen LogP contribution in [-0.4, -0.2) is 73.7 Å². The Kier molecular flexibility index (Phi) is 6.88. The molecule has 5 atom stereocenters. The third kappa shape index (κ3) is 4.83. The largest absolute Gasteiger partial charge is 0.507 e. The lowest BCUT2D eigenvalue weighted by atomic mass is 9.99. The third-order valence-corrected chi connectivity index (χ3v) is 5.87. The number of carbonyl (C=O) groups is 1. The number of aromatic nitrogens is 1. The van der Waals surface area contributed by atoms with Crippen LogP contribution in [0.2, 0.25) is 0 Å². The summed E-state index contributed by atoms with van der Waals surface area (Å²) in [6.07, 6.45) is -7.58. The fourth-order valence-corrected chi connectivity index (χ4v) is 4.08. The van der Waals surface area contributed by atoms with Gasteiger partial charge in [-0.1, -0.05) is 36.4 Å². The molecular weight excluding hydrogens is 452 g/mol. The average molecular weight is 474 g/mol. The van der Waals surface area contributed by atoms with E-state index in [2.05, 4.69) is 10.3 Å². The van der Waals surface area contributed by atoms with E-state index in [0.717, 1.165) is 5.56 Å². The molecule has 33 heavy (non-hydrogen) atoms. The Morgan fingerprint density at radius 1 is 1.06 bits per heavy atom. The molecule has 6 N–H and O–H groups in total. The number of nitrogens with one attached hydrogen (secondary N) is 1. The zero-order valence-electron chi connectivity index (χ0n) is 17.1. The third-order valence-electron chi connectivity index (χ3n) is 5.12. The van der Waals surface area contributed by atoms with Gasteiger partial charge in [0.2, 0.25) is 6.29 Å². The highest BCUT2D eigenvalue weighted by Crippen LogP contribution is 2.33. The number of aromatic hydroxyl groups is 1. The molecule has 1 aromatic heterocycles. The maximum absolute atomic E-state index is 12.9. The second kappa shape index (κ2) is 9.83. The van der Waals surface area contributed by atoms with Crippen molar-refractivity contribution in [1.29, 1.82) is 0 Å². The van der Waals surface area contributed by atoms with Gasteiger partial charge in [0.25, 0.3) is 5.91 Å². The number of ether oxygens (including phenoxy) is 2. The smallest absolute Gasteiger partial charge is 0.265 e. The minimum Gasteiger partial charge on any atom is -0.507 e. The molecule has 1 aliphatic rings. The number of hydrogen-bond donors (Lipinski definition) is 6. The van der Waals surface area contributed by atoms with Crippen molar-refractivity contribution in [3.05, 3.63) is 59.5 Å². The molecule has 0 spiro atoms. The minimum atomic E-state index is -1.67. The summed E-state index contributed by atoms with van der Waals surface area (Å²) in [5.74, 6) is -1.26. The summed E-state index contributed by atoms with van der Waals surface area (Å²) < 4.78 is 10.9. The number of nitrogens with zero attached hydrogens (tertiary/aromatic N) is 1. The number of benzene rings is 2. The quantitative estimate of drug-likeness (QED) is 0.305. The predicted octanol–water partition coefficient (Wildman–Crippen LogP) is 0.947. The molecule has 1 aliphatic heterocycles. The Labute approximate surface area is 192 Å². The molecule has 2 aromatic carbocycles. The average Bonchev–Trinajstić information content (AvgIpc) is 3.28. The lowest BCUT2D eigenvalue weighted by molar-refractivity contribution is -0.277. The first-order valence-corrected chi connectivity index (χ1v) is 10.9. The number of phenols is 1. The van der Waals surface area contributed by atoms with E-state index in [-0.39, 0.29) is 11.3 Å². The van der Waals surface area contributed by atoms with Gasteiger partial charge in [-0.3, -0.25) is 10.1 Å². The van der Waals surface area contributed by atoms with Crippen LogP contribution in [0.1, 0.15) is 10.4 Å². The van der Waals surface area contributed by atoms with Crippen molar-refractivity contribution in [2.75, 3.05) is 11.9 Å². The molecule has 0 radical (unpaired) electrons. The van der Waals surface area contributed by atoms with Gasteiger partial charge in [0.05, 0.1) is 12.3 Å². The molecule has 4 rings (SSSR count). The van der Waals surface area contributed by atoms with Crippen LogP contribution in [0.4, 0.5) is 5.13 Å². The van der Waals surface area contributed by atoms with Crippen LogP contribution in [0.5, 0.6) is 11.5 Å². The number of anilines is 1. The topological polar surface area (TPSA) is 162 Å². The molecule has 1 saturated heterocycles. The summed E-state index contributed by atoms with van der Waals surface area (Å²) in [5, 5.41) is 54.4. The minimum absolute atomic E-state index is 0.142. The fraction of sp³-hybridized carbons (Fsp3) is 0.273. The van der Waals surface area contributed by atoms with Crippen molar-refractivity contribution in [1.82, 2.24) is 4.98 Å². The molecule has 174 valence electrons. The number of aliphatic hydroxyl groups excluding tert-OH is 4. The molecule has 1 amide bonds.